The van der Waals surface area contributed by atoms with Crippen molar-refractivity contribution in [3.63, 3.8) is 0 Å². The van der Waals surface area contributed by atoms with Crippen LogP contribution in [-0.2, 0) is 25.7 Å². The molecule has 1 amide bonds. The predicted molar refractivity (Wildman–Crippen MR) is 101 cm³/mol. The lowest BCUT2D eigenvalue weighted by molar-refractivity contribution is -0.145. The number of nitrogens with zero attached hydrogens (tertiary/aromatic N) is 2. The van der Waals surface area contributed by atoms with Crippen LogP contribution in [0.4, 0.5) is 4.39 Å². The molecule has 7 heteroatoms. The van der Waals surface area contributed by atoms with Crippen molar-refractivity contribution in [1.29, 1.82) is 0 Å². The Bertz CT molecular complexity index is 870. The van der Waals surface area contributed by atoms with E-state index in [4.69, 9.17) is 4.84 Å². The molecule has 0 N–H and O–H groups in total. The zero-order chi connectivity index (χ0) is 19.9. The first kappa shape index (κ1) is 19.5. The minimum Gasteiger partial charge on any atom is -0.469 e. The molecule has 0 fully saturated rings. The molecule has 0 radical (unpaired) electrons. The van der Waals surface area contributed by atoms with E-state index in [-0.39, 0.29) is 31.1 Å². The Morgan fingerprint density at radius 2 is 2.00 bits per heavy atom. The minimum atomic E-state index is -0.806. The average molecular weight is 384 g/mol. The van der Waals surface area contributed by atoms with Gasteiger partial charge >= 0.3 is 5.97 Å². The highest BCUT2D eigenvalue weighted by molar-refractivity contribution is 6.04. The molecule has 1 unspecified atom stereocenters. The largest absolute Gasteiger partial charge is 0.469 e. The van der Waals surface area contributed by atoms with Crippen molar-refractivity contribution in [3.8, 4) is 0 Å². The van der Waals surface area contributed by atoms with E-state index in [1.54, 1.807) is 17.0 Å². The molecule has 1 atom stereocenters. The van der Waals surface area contributed by atoms with E-state index >= 15 is 0 Å². The minimum absolute atomic E-state index is 0.0827. The third-order valence-corrected chi connectivity index (χ3v) is 4.44. The zero-order valence-electron chi connectivity index (χ0n) is 15.5. The molecule has 0 saturated carbocycles. The lowest BCUT2D eigenvalue weighted by atomic mass is 10.0. The maximum absolute atomic E-state index is 13.4. The molecule has 0 bridgehead atoms. The maximum atomic E-state index is 13.4. The second kappa shape index (κ2) is 9.12. The fourth-order valence-corrected chi connectivity index (χ4v) is 2.95. The summed E-state index contributed by atoms with van der Waals surface area (Å²) >= 11 is 0. The van der Waals surface area contributed by atoms with E-state index < -0.39 is 12.1 Å². The van der Waals surface area contributed by atoms with Crippen molar-refractivity contribution in [2.24, 2.45) is 5.16 Å². The predicted octanol–water partition coefficient (Wildman–Crippen LogP) is 2.91. The quantitative estimate of drug-likeness (QED) is 0.689. The summed E-state index contributed by atoms with van der Waals surface area (Å²) in [5.74, 6) is -1.04. The molecule has 0 aliphatic carbocycles. The lowest BCUT2D eigenvalue weighted by Gasteiger charge is -2.24. The van der Waals surface area contributed by atoms with Crippen LogP contribution < -0.4 is 0 Å². The smallest absolute Gasteiger partial charge is 0.307 e. The number of hydrogen-bond acceptors (Lipinski definition) is 5. The summed E-state index contributed by atoms with van der Waals surface area (Å²) in [5, 5.41) is 3.96. The second-order valence-electron chi connectivity index (χ2n) is 6.42. The number of hydrogen-bond donors (Lipinski definition) is 0. The van der Waals surface area contributed by atoms with E-state index in [2.05, 4.69) is 9.89 Å². The summed E-state index contributed by atoms with van der Waals surface area (Å²) in [6, 6.07) is 15.5. The number of rotatable bonds is 7. The third-order valence-electron chi connectivity index (χ3n) is 4.44. The first-order valence-electron chi connectivity index (χ1n) is 8.95. The summed E-state index contributed by atoms with van der Waals surface area (Å²) in [5.41, 5.74) is 2.04. The van der Waals surface area contributed by atoms with Crippen molar-refractivity contribution in [2.75, 3.05) is 13.7 Å². The van der Waals surface area contributed by atoms with E-state index in [0.29, 0.717) is 17.8 Å². The highest BCUT2D eigenvalue weighted by Gasteiger charge is 2.32. The average Bonchev–Trinajstić information content (AvgIpc) is 3.21. The highest BCUT2D eigenvalue weighted by atomic mass is 19.1. The third kappa shape index (κ3) is 4.94. The Balaban J connectivity index is 1.69. The summed E-state index contributed by atoms with van der Waals surface area (Å²) in [6.45, 7) is 0.543. The summed E-state index contributed by atoms with van der Waals surface area (Å²) in [4.78, 5) is 31.4. The molecule has 3 rings (SSSR count). The number of esters is 1. The number of halogens is 1. The van der Waals surface area contributed by atoms with Crippen LogP contribution in [0.2, 0.25) is 0 Å². The van der Waals surface area contributed by atoms with E-state index in [1.165, 1.54) is 19.2 Å². The van der Waals surface area contributed by atoms with E-state index in [0.717, 1.165) is 5.56 Å². The molecular formula is C21H21FN2O4. The van der Waals surface area contributed by atoms with Gasteiger partial charge in [0, 0.05) is 25.1 Å². The van der Waals surface area contributed by atoms with Gasteiger partial charge in [0.2, 0.25) is 6.10 Å². The van der Waals surface area contributed by atoms with Crippen LogP contribution in [0.25, 0.3) is 0 Å². The Morgan fingerprint density at radius 3 is 2.71 bits per heavy atom. The normalized spacial score (nSPS) is 15.5. The molecular weight excluding hydrogens is 363 g/mol. The highest BCUT2D eigenvalue weighted by Crippen LogP contribution is 2.20. The van der Waals surface area contributed by atoms with Gasteiger partial charge < -0.3 is 14.5 Å². The zero-order valence-corrected chi connectivity index (χ0v) is 15.5. The van der Waals surface area contributed by atoms with Crippen molar-refractivity contribution in [2.45, 2.75) is 25.5 Å². The number of ether oxygens (including phenoxy) is 1. The van der Waals surface area contributed by atoms with Gasteiger partial charge in [0.1, 0.15) is 5.82 Å². The summed E-state index contributed by atoms with van der Waals surface area (Å²) in [6.07, 6.45) is -0.481. The number of methoxy groups -OCH3 is 1. The molecule has 1 aliphatic rings. The molecule has 6 nitrogen and oxygen atoms in total. The van der Waals surface area contributed by atoms with Crippen molar-refractivity contribution < 1.29 is 23.6 Å². The molecule has 28 heavy (non-hydrogen) atoms. The van der Waals surface area contributed by atoms with Gasteiger partial charge in [-0.1, -0.05) is 47.6 Å². The fourth-order valence-electron chi connectivity index (χ4n) is 2.95. The van der Waals surface area contributed by atoms with Crippen LogP contribution in [-0.4, -0.2) is 42.2 Å². The van der Waals surface area contributed by atoms with Crippen LogP contribution in [0.3, 0.4) is 0 Å². The van der Waals surface area contributed by atoms with Gasteiger partial charge in [-0.3, -0.25) is 9.59 Å². The van der Waals surface area contributed by atoms with Crippen LogP contribution in [0.1, 0.15) is 24.0 Å². The molecule has 0 spiro atoms. The first-order chi connectivity index (χ1) is 13.6. The van der Waals surface area contributed by atoms with Crippen LogP contribution in [0, 0.1) is 5.82 Å². The van der Waals surface area contributed by atoms with Gasteiger partial charge in [-0.25, -0.2) is 4.39 Å². The Morgan fingerprint density at radius 1 is 1.21 bits per heavy atom. The number of carbonyl (C=O) groups excluding carboxylic acids is 2. The second-order valence-corrected chi connectivity index (χ2v) is 6.42. The van der Waals surface area contributed by atoms with Gasteiger partial charge in [-0.2, -0.15) is 0 Å². The molecule has 2 aromatic rings. The molecule has 0 aromatic heterocycles. The monoisotopic (exact) mass is 384 g/mol. The van der Waals surface area contributed by atoms with Gasteiger partial charge in [-0.15, -0.1) is 0 Å². The standard InChI is InChI=1S/C21H21FN2O4/c1-27-20(25)10-11-24(14-15-6-3-2-4-7-15)21(26)19-13-18(23-28-19)16-8-5-9-17(22)12-16/h2-9,12,19H,10-11,13-14H2,1H3. The van der Waals surface area contributed by atoms with Crippen LogP contribution in [0.15, 0.2) is 59.8 Å². The molecule has 2 aromatic carbocycles. The number of amides is 1. The van der Waals surface area contributed by atoms with Crippen molar-refractivity contribution >= 4 is 17.6 Å². The Hall–Kier alpha value is -3.22. The van der Waals surface area contributed by atoms with Crippen molar-refractivity contribution in [3.05, 3.63) is 71.5 Å². The SMILES string of the molecule is COC(=O)CCN(Cc1ccccc1)C(=O)C1CC(c2cccc(F)c2)=NO1. The summed E-state index contributed by atoms with van der Waals surface area (Å²) < 4.78 is 18.1. The van der Waals surface area contributed by atoms with E-state index in [1.807, 2.05) is 30.3 Å². The number of oxime groups is 1. The Kier molecular flexibility index (Phi) is 6.37. The maximum Gasteiger partial charge on any atom is 0.307 e. The topological polar surface area (TPSA) is 68.2 Å². The van der Waals surface area contributed by atoms with Gasteiger partial charge in [0.25, 0.3) is 5.91 Å². The van der Waals surface area contributed by atoms with Crippen LogP contribution in [0.5, 0.6) is 0 Å². The number of carbonyl (C=O) groups is 2. The Labute approximate surface area is 162 Å². The fraction of sp³-hybridized carbons (Fsp3) is 0.286. The summed E-state index contributed by atoms with van der Waals surface area (Å²) in [7, 11) is 1.31. The number of benzene rings is 2. The molecule has 0 saturated heterocycles. The van der Waals surface area contributed by atoms with Gasteiger partial charge in [0.05, 0.1) is 19.2 Å². The lowest BCUT2D eigenvalue weighted by Crippen LogP contribution is -2.40. The molecule has 1 heterocycles. The van der Waals surface area contributed by atoms with E-state index in [9.17, 15) is 14.0 Å². The van der Waals surface area contributed by atoms with Gasteiger partial charge in [-0.05, 0) is 17.7 Å². The van der Waals surface area contributed by atoms with Gasteiger partial charge in [0.15, 0.2) is 0 Å². The van der Waals surface area contributed by atoms with Crippen molar-refractivity contribution in [1.82, 2.24) is 4.90 Å². The first-order valence-corrected chi connectivity index (χ1v) is 8.95. The molecule has 1 aliphatic heterocycles. The van der Waals surface area contributed by atoms with Crippen LogP contribution >= 0.6 is 0 Å². The molecule has 146 valence electrons.